The fourth-order valence-electron chi connectivity index (χ4n) is 4.41. The summed E-state index contributed by atoms with van der Waals surface area (Å²) in [4.78, 5) is 25.5. The van der Waals surface area contributed by atoms with Crippen LogP contribution in [0.3, 0.4) is 0 Å². The van der Waals surface area contributed by atoms with Crippen molar-refractivity contribution in [1.29, 1.82) is 0 Å². The zero-order valence-electron chi connectivity index (χ0n) is 15.5. The number of methoxy groups -OCH3 is 1. The number of benzene rings is 1. The van der Waals surface area contributed by atoms with E-state index in [-0.39, 0.29) is 17.3 Å². The molecule has 1 aliphatic carbocycles. The van der Waals surface area contributed by atoms with Crippen molar-refractivity contribution in [1.82, 2.24) is 4.90 Å². The molecule has 1 saturated carbocycles. The van der Waals surface area contributed by atoms with Crippen LogP contribution in [0.5, 0.6) is 5.75 Å². The van der Waals surface area contributed by atoms with Crippen LogP contribution in [-0.4, -0.2) is 42.0 Å². The second-order valence-electron chi connectivity index (χ2n) is 7.37. The van der Waals surface area contributed by atoms with Gasteiger partial charge in [0.05, 0.1) is 18.6 Å². The molecule has 1 aromatic carbocycles. The number of anilines is 1. The van der Waals surface area contributed by atoms with Gasteiger partial charge in [0.25, 0.3) is 0 Å². The van der Waals surface area contributed by atoms with Crippen molar-refractivity contribution < 1.29 is 14.5 Å². The summed E-state index contributed by atoms with van der Waals surface area (Å²) in [5, 5.41) is 14.0. The zero-order chi connectivity index (χ0) is 18.7. The first-order valence-corrected chi connectivity index (χ1v) is 9.36. The molecular formula is C19H27N3O4. The third kappa shape index (κ3) is 3.98. The number of nitrogens with zero attached hydrogens (tertiary/aromatic N) is 2. The number of ether oxygens (including phenoxy) is 1. The monoisotopic (exact) mass is 361 g/mol. The fourth-order valence-corrected chi connectivity index (χ4v) is 4.41. The van der Waals surface area contributed by atoms with Crippen molar-refractivity contribution in [3.8, 4) is 5.75 Å². The Labute approximate surface area is 153 Å². The minimum atomic E-state index is -0.478. The Morgan fingerprint density at radius 1 is 1.31 bits per heavy atom. The maximum atomic E-state index is 12.6. The van der Waals surface area contributed by atoms with Crippen molar-refractivity contribution in [3.05, 3.63) is 27.8 Å². The molecule has 1 N–H and O–H groups in total. The molecular weight excluding hydrogens is 334 g/mol. The number of carbonyl (C=O) groups excluding carboxylic acids is 1. The number of likely N-dealkylation sites (tertiary alicyclic amines) is 1. The van der Waals surface area contributed by atoms with Gasteiger partial charge >= 0.3 is 5.69 Å². The van der Waals surface area contributed by atoms with Crippen LogP contribution in [0, 0.1) is 23.0 Å². The summed E-state index contributed by atoms with van der Waals surface area (Å²) in [5.41, 5.74) is 1.12. The van der Waals surface area contributed by atoms with E-state index >= 15 is 0 Å². The van der Waals surface area contributed by atoms with E-state index in [4.69, 9.17) is 4.74 Å². The average Bonchev–Trinajstić information content (AvgIpc) is 2.63. The highest BCUT2D eigenvalue weighted by molar-refractivity contribution is 5.93. The van der Waals surface area contributed by atoms with Crippen LogP contribution in [0.15, 0.2) is 12.1 Å². The molecule has 142 valence electrons. The molecule has 1 saturated heterocycles. The standard InChI is InChI=1S/C19H27N3O4/c1-13-10-17(22(24)25)18(26-2)11-15(13)20-19(23)12-21-9-5-7-14-6-3-4-8-16(14)21/h10-11,14,16H,3-9,12H2,1-2H3,(H,20,23)/t14-,16-/m0/s1. The van der Waals surface area contributed by atoms with E-state index in [1.165, 1.54) is 51.3 Å². The summed E-state index contributed by atoms with van der Waals surface area (Å²) in [7, 11) is 1.39. The number of nitrogens with one attached hydrogen (secondary N) is 1. The summed E-state index contributed by atoms with van der Waals surface area (Å²) < 4.78 is 5.10. The summed E-state index contributed by atoms with van der Waals surface area (Å²) in [5.74, 6) is 0.808. The lowest BCUT2D eigenvalue weighted by molar-refractivity contribution is -0.385. The second kappa shape index (κ2) is 8.03. The van der Waals surface area contributed by atoms with E-state index < -0.39 is 4.92 Å². The first-order chi connectivity index (χ1) is 12.5. The van der Waals surface area contributed by atoms with Gasteiger partial charge in [-0.25, -0.2) is 0 Å². The molecule has 3 rings (SSSR count). The molecule has 1 aromatic rings. The molecule has 0 unspecified atom stereocenters. The lowest BCUT2D eigenvalue weighted by atomic mass is 9.78. The number of nitro groups is 1. The van der Waals surface area contributed by atoms with E-state index in [2.05, 4.69) is 10.2 Å². The number of hydrogen-bond acceptors (Lipinski definition) is 5. The second-order valence-corrected chi connectivity index (χ2v) is 7.37. The number of fused-ring (bicyclic) bond motifs is 1. The topological polar surface area (TPSA) is 84.7 Å². The minimum absolute atomic E-state index is 0.0739. The first-order valence-electron chi connectivity index (χ1n) is 9.36. The first kappa shape index (κ1) is 18.6. The Morgan fingerprint density at radius 3 is 2.77 bits per heavy atom. The van der Waals surface area contributed by atoms with E-state index in [0.29, 0.717) is 23.8 Å². The number of aryl methyl sites for hydroxylation is 1. The molecule has 0 bridgehead atoms. The van der Waals surface area contributed by atoms with Crippen LogP contribution in [0.1, 0.15) is 44.1 Å². The van der Waals surface area contributed by atoms with Crippen LogP contribution in [0.25, 0.3) is 0 Å². The number of amides is 1. The normalized spacial score (nSPS) is 23.2. The van der Waals surface area contributed by atoms with Crippen molar-refractivity contribution in [2.45, 2.75) is 51.5 Å². The SMILES string of the molecule is COc1cc(NC(=O)CN2CCC[C@@H]3CCCC[C@@H]32)c(C)cc1[N+](=O)[O-]. The van der Waals surface area contributed by atoms with E-state index in [1.807, 2.05) is 0 Å². The molecule has 2 fully saturated rings. The van der Waals surface area contributed by atoms with Crippen LogP contribution in [0.4, 0.5) is 11.4 Å². The Bertz CT molecular complexity index is 690. The smallest absolute Gasteiger partial charge is 0.311 e. The molecule has 2 aliphatic rings. The van der Waals surface area contributed by atoms with E-state index in [0.717, 1.165) is 18.9 Å². The number of piperidine rings is 1. The number of rotatable bonds is 5. The predicted octanol–water partition coefficient (Wildman–Crippen LogP) is 3.50. The lowest BCUT2D eigenvalue weighted by Gasteiger charge is -2.43. The van der Waals surface area contributed by atoms with Gasteiger partial charge in [0.1, 0.15) is 0 Å². The molecule has 1 aliphatic heterocycles. The Morgan fingerprint density at radius 2 is 2.04 bits per heavy atom. The van der Waals surface area contributed by atoms with Crippen LogP contribution in [0.2, 0.25) is 0 Å². The summed E-state index contributed by atoms with van der Waals surface area (Å²) in [6, 6.07) is 3.49. The van der Waals surface area contributed by atoms with Crippen LogP contribution < -0.4 is 10.1 Å². The molecule has 1 heterocycles. The third-order valence-corrected chi connectivity index (χ3v) is 5.70. The largest absolute Gasteiger partial charge is 0.490 e. The third-order valence-electron chi connectivity index (χ3n) is 5.70. The maximum absolute atomic E-state index is 12.6. The van der Waals surface area contributed by atoms with Gasteiger partial charge in [0.15, 0.2) is 5.75 Å². The number of carbonyl (C=O) groups is 1. The highest BCUT2D eigenvalue weighted by Gasteiger charge is 2.34. The summed E-state index contributed by atoms with van der Waals surface area (Å²) in [6.45, 7) is 3.09. The molecule has 7 heteroatoms. The Hall–Kier alpha value is -2.15. The summed E-state index contributed by atoms with van der Waals surface area (Å²) >= 11 is 0. The highest BCUT2D eigenvalue weighted by Crippen LogP contribution is 2.35. The van der Waals surface area contributed by atoms with E-state index in [1.54, 1.807) is 6.92 Å². The van der Waals surface area contributed by atoms with Gasteiger partial charge in [-0.15, -0.1) is 0 Å². The lowest BCUT2D eigenvalue weighted by Crippen LogP contribution is -2.49. The van der Waals surface area contributed by atoms with Gasteiger partial charge in [-0.1, -0.05) is 12.8 Å². The minimum Gasteiger partial charge on any atom is -0.490 e. The highest BCUT2D eigenvalue weighted by atomic mass is 16.6. The number of nitro benzene ring substituents is 1. The Balaban J connectivity index is 1.69. The Kier molecular flexibility index (Phi) is 5.76. The molecule has 0 radical (unpaired) electrons. The fraction of sp³-hybridized carbons (Fsp3) is 0.632. The quantitative estimate of drug-likeness (QED) is 0.641. The van der Waals surface area contributed by atoms with E-state index in [9.17, 15) is 14.9 Å². The van der Waals surface area contributed by atoms with Crippen molar-refractivity contribution in [2.75, 3.05) is 25.5 Å². The van der Waals surface area contributed by atoms with Gasteiger partial charge in [-0.2, -0.15) is 0 Å². The van der Waals surface area contributed by atoms with Gasteiger partial charge in [-0.05, 0) is 50.6 Å². The molecule has 26 heavy (non-hydrogen) atoms. The molecule has 2 atom stereocenters. The van der Waals surface area contributed by atoms with Crippen molar-refractivity contribution in [2.24, 2.45) is 5.92 Å². The molecule has 0 aromatic heterocycles. The maximum Gasteiger partial charge on any atom is 0.311 e. The predicted molar refractivity (Wildman–Crippen MR) is 99.6 cm³/mol. The van der Waals surface area contributed by atoms with Crippen molar-refractivity contribution >= 4 is 17.3 Å². The molecule has 1 amide bonds. The van der Waals surface area contributed by atoms with Crippen molar-refractivity contribution in [3.63, 3.8) is 0 Å². The van der Waals surface area contributed by atoms with Gasteiger partial charge in [-0.3, -0.25) is 19.8 Å². The zero-order valence-corrected chi connectivity index (χ0v) is 15.5. The number of hydrogen-bond donors (Lipinski definition) is 1. The molecule has 7 nitrogen and oxygen atoms in total. The van der Waals surface area contributed by atoms with Crippen LogP contribution >= 0.6 is 0 Å². The average molecular weight is 361 g/mol. The molecule has 0 spiro atoms. The van der Waals surface area contributed by atoms with Gasteiger partial charge in [0, 0.05) is 23.9 Å². The van der Waals surface area contributed by atoms with Gasteiger partial charge < -0.3 is 10.1 Å². The van der Waals surface area contributed by atoms with Crippen LogP contribution in [-0.2, 0) is 4.79 Å². The summed E-state index contributed by atoms with van der Waals surface area (Å²) in [6.07, 6.45) is 7.45. The van der Waals surface area contributed by atoms with Gasteiger partial charge in [0.2, 0.25) is 5.91 Å².